The van der Waals surface area contributed by atoms with Crippen LogP contribution in [-0.2, 0) is 13.0 Å². The first-order valence-electron chi connectivity index (χ1n) is 7.32. The average Bonchev–Trinajstić information content (AvgIpc) is 2.97. The zero-order chi connectivity index (χ0) is 14.8. The fourth-order valence-electron chi connectivity index (χ4n) is 2.65. The van der Waals surface area contributed by atoms with Gasteiger partial charge in [-0.1, -0.05) is 31.2 Å². The van der Waals surface area contributed by atoms with Crippen LogP contribution in [0.4, 0.5) is 0 Å². The van der Waals surface area contributed by atoms with Crippen molar-refractivity contribution in [3.05, 3.63) is 59.7 Å². The van der Waals surface area contributed by atoms with Crippen molar-refractivity contribution in [3.63, 3.8) is 0 Å². The number of aliphatic hydroxyl groups is 1. The molecule has 3 aromatic rings. The van der Waals surface area contributed by atoms with Gasteiger partial charge in [-0.3, -0.25) is 9.67 Å². The van der Waals surface area contributed by atoms with Crippen LogP contribution in [-0.4, -0.2) is 19.9 Å². The van der Waals surface area contributed by atoms with Gasteiger partial charge < -0.3 is 5.11 Å². The lowest BCUT2D eigenvalue weighted by atomic mass is 10.0. The Morgan fingerprint density at radius 1 is 1.19 bits per heavy atom. The quantitative estimate of drug-likeness (QED) is 0.799. The van der Waals surface area contributed by atoms with Gasteiger partial charge in [-0.2, -0.15) is 5.10 Å². The van der Waals surface area contributed by atoms with Crippen molar-refractivity contribution in [3.8, 4) is 0 Å². The smallest absolute Gasteiger partial charge is 0.123 e. The highest BCUT2D eigenvalue weighted by molar-refractivity contribution is 5.85. The summed E-state index contributed by atoms with van der Waals surface area (Å²) >= 11 is 0. The summed E-state index contributed by atoms with van der Waals surface area (Å²) in [4.78, 5) is 4.25. The van der Waals surface area contributed by atoms with Crippen LogP contribution >= 0.6 is 0 Å². The number of aryl methyl sites for hydroxylation is 2. The highest BCUT2D eigenvalue weighted by Crippen LogP contribution is 2.28. The minimum absolute atomic E-state index is 0.712. The molecule has 1 aromatic carbocycles. The van der Waals surface area contributed by atoms with Crippen molar-refractivity contribution in [2.75, 3.05) is 0 Å². The molecule has 0 amide bonds. The van der Waals surface area contributed by atoms with Gasteiger partial charge in [0, 0.05) is 29.9 Å². The first kappa shape index (κ1) is 13.8. The highest BCUT2D eigenvalue weighted by Gasteiger charge is 2.19. The molecule has 0 aliphatic rings. The number of hydrogen-bond acceptors (Lipinski definition) is 3. The Kier molecular flexibility index (Phi) is 3.71. The van der Waals surface area contributed by atoms with E-state index in [1.165, 1.54) is 0 Å². The Morgan fingerprint density at radius 2 is 2.00 bits per heavy atom. The van der Waals surface area contributed by atoms with Crippen molar-refractivity contribution in [2.45, 2.75) is 32.9 Å². The van der Waals surface area contributed by atoms with Crippen LogP contribution in [0.1, 0.15) is 36.9 Å². The van der Waals surface area contributed by atoms with Crippen molar-refractivity contribution in [1.29, 1.82) is 0 Å². The van der Waals surface area contributed by atoms with Crippen LogP contribution in [0, 0.1) is 0 Å². The van der Waals surface area contributed by atoms with Gasteiger partial charge in [0.05, 0.1) is 11.4 Å². The second kappa shape index (κ2) is 5.66. The molecule has 4 heteroatoms. The Bertz CT molecular complexity index is 758. The summed E-state index contributed by atoms with van der Waals surface area (Å²) in [5.41, 5.74) is 2.65. The Labute approximate surface area is 124 Å². The predicted molar refractivity (Wildman–Crippen MR) is 83.1 cm³/mol. The van der Waals surface area contributed by atoms with E-state index < -0.39 is 6.10 Å². The molecule has 0 saturated carbocycles. The molecule has 0 saturated heterocycles. The highest BCUT2D eigenvalue weighted by atomic mass is 16.3. The number of rotatable bonds is 4. The van der Waals surface area contributed by atoms with Gasteiger partial charge in [0.1, 0.15) is 6.10 Å². The lowest BCUT2D eigenvalue weighted by Crippen LogP contribution is -2.09. The second-order valence-corrected chi connectivity index (χ2v) is 5.08. The molecule has 2 aromatic heterocycles. The van der Waals surface area contributed by atoms with Gasteiger partial charge in [0.2, 0.25) is 0 Å². The molecule has 0 radical (unpaired) electrons. The zero-order valence-electron chi connectivity index (χ0n) is 12.3. The van der Waals surface area contributed by atoms with E-state index in [2.05, 4.69) is 17.0 Å². The first-order valence-corrected chi connectivity index (χ1v) is 7.32. The number of aliphatic hydroxyl groups excluding tert-OH is 1. The van der Waals surface area contributed by atoms with E-state index in [1.54, 1.807) is 6.20 Å². The third kappa shape index (κ3) is 2.43. The van der Waals surface area contributed by atoms with Crippen molar-refractivity contribution >= 4 is 10.8 Å². The summed E-state index contributed by atoms with van der Waals surface area (Å²) in [5, 5.41) is 17.4. The van der Waals surface area contributed by atoms with E-state index in [1.807, 2.05) is 48.1 Å². The molecule has 4 nitrogen and oxygen atoms in total. The first-order chi connectivity index (χ1) is 10.2. The van der Waals surface area contributed by atoms with Crippen LogP contribution in [0.2, 0.25) is 0 Å². The Hall–Kier alpha value is -2.20. The van der Waals surface area contributed by atoms with E-state index in [0.717, 1.165) is 40.7 Å². The van der Waals surface area contributed by atoms with Crippen LogP contribution < -0.4 is 0 Å². The standard InChI is InChI=1S/C17H19N3O/c1-3-13-9-16(20(4-2)19-13)17(21)15-11-18-10-12-7-5-6-8-14(12)15/h5-11,17,21H,3-4H2,1-2H3. The van der Waals surface area contributed by atoms with Crippen LogP contribution in [0.5, 0.6) is 0 Å². The summed E-state index contributed by atoms with van der Waals surface area (Å²) < 4.78 is 1.87. The summed E-state index contributed by atoms with van der Waals surface area (Å²) in [6, 6.07) is 9.96. The zero-order valence-corrected chi connectivity index (χ0v) is 12.3. The maximum Gasteiger partial charge on any atom is 0.123 e. The van der Waals surface area contributed by atoms with Crippen LogP contribution in [0.25, 0.3) is 10.8 Å². The minimum Gasteiger partial charge on any atom is -0.382 e. The van der Waals surface area contributed by atoms with Gasteiger partial charge in [0.15, 0.2) is 0 Å². The van der Waals surface area contributed by atoms with E-state index >= 15 is 0 Å². The Balaban J connectivity index is 2.12. The molecule has 1 atom stereocenters. The van der Waals surface area contributed by atoms with Gasteiger partial charge in [0.25, 0.3) is 0 Å². The molecular weight excluding hydrogens is 262 g/mol. The van der Waals surface area contributed by atoms with E-state index in [-0.39, 0.29) is 0 Å². The molecule has 0 aliphatic heterocycles. The molecule has 0 bridgehead atoms. The topological polar surface area (TPSA) is 50.9 Å². The number of hydrogen-bond donors (Lipinski definition) is 1. The minimum atomic E-state index is -0.712. The SMILES string of the molecule is CCc1cc(C(O)c2cncc3ccccc23)n(CC)n1. The molecule has 3 rings (SSSR count). The van der Waals surface area contributed by atoms with Crippen LogP contribution in [0.3, 0.4) is 0 Å². The van der Waals surface area contributed by atoms with E-state index in [4.69, 9.17) is 0 Å². The van der Waals surface area contributed by atoms with Crippen molar-refractivity contribution in [1.82, 2.24) is 14.8 Å². The summed E-state index contributed by atoms with van der Waals surface area (Å²) in [5.74, 6) is 0. The van der Waals surface area contributed by atoms with E-state index in [9.17, 15) is 5.11 Å². The molecule has 108 valence electrons. The largest absolute Gasteiger partial charge is 0.382 e. The van der Waals surface area contributed by atoms with Crippen LogP contribution in [0.15, 0.2) is 42.7 Å². The van der Waals surface area contributed by atoms with Gasteiger partial charge in [-0.15, -0.1) is 0 Å². The molecule has 21 heavy (non-hydrogen) atoms. The number of fused-ring (bicyclic) bond motifs is 1. The molecular formula is C17H19N3O. The predicted octanol–water partition coefficient (Wildman–Crippen LogP) is 3.10. The molecule has 1 N–H and O–H groups in total. The number of aromatic nitrogens is 3. The normalized spacial score (nSPS) is 12.7. The van der Waals surface area contributed by atoms with Gasteiger partial charge in [-0.05, 0) is 24.8 Å². The number of nitrogens with zero attached hydrogens (tertiary/aromatic N) is 3. The maximum absolute atomic E-state index is 10.8. The van der Waals surface area contributed by atoms with Gasteiger partial charge in [-0.25, -0.2) is 0 Å². The second-order valence-electron chi connectivity index (χ2n) is 5.08. The third-order valence-corrected chi connectivity index (χ3v) is 3.80. The molecule has 2 heterocycles. The lowest BCUT2D eigenvalue weighted by Gasteiger charge is -2.14. The number of pyridine rings is 1. The third-order valence-electron chi connectivity index (χ3n) is 3.80. The van der Waals surface area contributed by atoms with Gasteiger partial charge >= 0.3 is 0 Å². The maximum atomic E-state index is 10.8. The molecule has 0 fully saturated rings. The molecule has 0 aliphatic carbocycles. The fourth-order valence-corrected chi connectivity index (χ4v) is 2.65. The van der Waals surface area contributed by atoms with Crippen molar-refractivity contribution < 1.29 is 5.11 Å². The summed E-state index contributed by atoms with van der Waals surface area (Å²) in [7, 11) is 0. The monoisotopic (exact) mass is 281 g/mol. The molecule has 1 unspecified atom stereocenters. The fraction of sp³-hybridized carbons (Fsp3) is 0.294. The summed E-state index contributed by atoms with van der Waals surface area (Å²) in [6.07, 6.45) is 3.71. The number of benzene rings is 1. The van der Waals surface area contributed by atoms with E-state index in [0.29, 0.717) is 0 Å². The lowest BCUT2D eigenvalue weighted by molar-refractivity contribution is 0.209. The molecule has 0 spiro atoms. The Morgan fingerprint density at radius 3 is 2.76 bits per heavy atom. The van der Waals surface area contributed by atoms with Crippen molar-refractivity contribution in [2.24, 2.45) is 0 Å². The average molecular weight is 281 g/mol. The summed E-state index contributed by atoms with van der Waals surface area (Å²) in [6.45, 7) is 4.84.